The summed E-state index contributed by atoms with van der Waals surface area (Å²) in [5.41, 5.74) is 1.05. The van der Waals surface area contributed by atoms with E-state index in [-0.39, 0.29) is 18.5 Å². The van der Waals surface area contributed by atoms with Crippen molar-refractivity contribution in [3.05, 3.63) is 29.0 Å². The van der Waals surface area contributed by atoms with E-state index in [0.29, 0.717) is 30.7 Å². The fourth-order valence-corrected chi connectivity index (χ4v) is 2.27. The number of guanidine groups is 1. The summed E-state index contributed by atoms with van der Waals surface area (Å²) in [5, 5.41) is 9.19. The van der Waals surface area contributed by atoms with Gasteiger partial charge < -0.3 is 16.0 Å². The second-order valence-corrected chi connectivity index (χ2v) is 5.52. The summed E-state index contributed by atoms with van der Waals surface area (Å²) in [6.07, 6.45) is 2.48. The lowest BCUT2D eigenvalue weighted by Gasteiger charge is -2.15. The lowest BCUT2D eigenvalue weighted by molar-refractivity contribution is -0.124. The van der Waals surface area contributed by atoms with Gasteiger partial charge in [-0.3, -0.25) is 14.7 Å². The Kier molecular flexibility index (Phi) is 6.80. The first-order valence-corrected chi connectivity index (χ1v) is 8.18. The van der Waals surface area contributed by atoms with E-state index in [2.05, 4.69) is 25.9 Å². The van der Waals surface area contributed by atoms with Crippen LogP contribution in [0.3, 0.4) is 0 Å². The number of nitrogens with one attached hydrogen (secondary N) is 3. The molecular weight excluding hydrogens is 332 g/mol. The molecule has 0 aromatic carbocycles. The first kappa shape index (κ1) is 18.0. The van der Waals surface area contributed by atoms with E-state index in [1.165, 1.54) is 4.90 Å². The van der Waals surface area contributed by atoms with Gasteiger partial charge in [-0.15, -0.1) is 0 Å². The minimum Gasteiger partial charge on any atom is -0.357 e. The van der Waals surface area contributed by atoms with Gasteiger partial charge in [0.25, 0.3) is 0 Å². The van der Waals surface area contributed by atoms with Gasteiger partial charge in [0.2, 0.25) is 5.91 Å². The molecule has 0 atom stereocenters. The van der Waals surface area contributed by atoms with Gasteiger partial charge in [0, 0.05) is 32.4 Å². The summed E-state index contributed by atoms with van der Waals surface area (Å²) >= 11 is 5.75. The number of amides is 3. The number of nitrogens with zero attached hydrogens (tertiary/aromatic N) is 3. The number of hydrogen-bond donors (Lipinski definition) is 3. The molecule has 0 unspecified atom stereocenters. The van der Waals surface area contributed by atoms with Crippen molar-refractivity contribution in [3.8, 4) is 0 Å². The van der Waals surface area contributed by atoms with Crippen LogP contribution in [0, 0.1) is 0 Å². The lowest BCUT2D eigenvalue weighted by Crippen LogP contribution is -2.43. The molecule has 9 heteroatoms. The van der Waals surface area contributed by atoms with Crippen LogP contribution in [0.4, 0.5) is 4.79 Å². The lowest BCUT2D eigenvalue weighted by atomic mass is 10.2. The highest BCUT2D eigenvalue weighted by molar-refractivity contribution is 6.29. The first-order chi connectivity index (χ1) is 11.6. The molecule has 1 aromatic heterocycles. The van der Waals surface area contributed by atoms with Crippen LogP contribution in [0.5, 0.6) is 0 Å². The Labute approximate surface area is 145 Å². The van der Waals surface area contributed by atoms with Crippen LogP contribution in [0.25, 0.3) is 0 Å². The zero-order valence-corrected chi connectivity index (χ0v) is 14.3. The van der Waals surface area contributed by atoms with E-state index < -0.39 is 0 Å². The maximum Gasteiger partial charge on any atom is 0.324 e. The third-order valence-electron chi connectivity index (χ3n) is 3.37. The van der Waals surface area contributed by atoms with Crippen LogP contribution >= 0.6 is 11.6 Å². The second-order valence-electron chi connectivity index (χ2n) is 5.13. The molecule has 3 amide bonds. The zero-order chi connectivity index (χ0) is 17.4. The van der Waals surface area contributed by atoms with E-state index in [1.54, 1.807) is 12.3 Å². The van der Waals surface area contributed by atoms with Gasteiger partial charge in [-0.05, 0) is 25.0 Å². The van der Waals surface area contributed by atoms with Crippen molar-refractivity contribution in [2.24, 2.45) is 4.99 Å². The van der Waals surface area contributed by atoms with Crippen LogP contribution in [0.1, 0.15) is 12.5 Å². The molecule has 8 nitrogen and oxygen atoms in total. The van der Waals surface area contributed by atoms with Crippen molar-refractivity contribution in [3.63, 3.8) is 0 Å². The summed E-state index contributed by atoms with van der Waals surface area (Å²) in [7, 11) is 0. The molecule has 24 heavy (non-hydrogen) atoms. The van der Waals surface area contributed by atoms with Gasteiger partial charge in [-0.25, -0.2) is 9.78 Å². The van der Waals surface area contributed by atoms with E-state index in [9.17, 15) is 9.59 Å². The third kappa shape index (κ3) is 5.38. The molecule has 1 fully saturated rings. The standard InChI is InChI=1S/C15H21ClN6O2/c1-2-17-14(18-6-5-11-3-4-12(16)20-9-11)19-7-8-22-13(23)10-21-15(22)24/h3-4,9H,2,5-8,10H2,1H3,(H,21,24)(H2,17,18,19). The fourth-order valence-electron chi connectivity index (χ4n) is 2.16. The Morgan fingerprint density at radius 3 is 2.88 bits per heavy atom. The normalized spacial score (nSPS) is 14.8. The minimum atomic E-state index is -0.348. The molecule has 1 saturated heterocycles. The van der Waals surface area contributed by atoms with Crippen LogP contribution in [-0.4, -0.2) is 60.5 Å². The molecule has 1 aromatic rings. The maximum absolute atomic E-state index is 11.5. The van der Waals surface area contributed by atoms with Crippen LogP contribution in [-0.2, 0) is 11.2 Å². The van der Waals surface area contributed by atoms with Crippen molar-refractivity contribution in [2.75, 3.05) is 32.7 Å². The van der Waals surface area contributed by atoms with Crippen LogP contribution < -0.4 is 16.0 Å². The van der Waals surface area contributed by atoms with Gasteiger partial charge in [-0.1, -0.05) is 17.7 Å². The number of carbonyl (C=O) groups is 2. The van der Waals surface area contributed by atoms with Crippen molar-refractivity contribution >= 4 is 29.5 Å². The quantitative estimate of drug-likeness (QED) is 0.285. The number of aromatic nitrogens is 1. The van der Waals surface area contributed by atoms with Gasteiger partial charge in [0.1, 0.15) is 5.15 Å². The number of urea groups is 1. The van der Waals surface area contributed by atoms with E-state index >= 15 is 0 Å². The Morgan fingerprint density at radius 2 is 2.25 bits per heavy atom. The molecule has 3 N–H and O–H groups in total. The smallest absolute Gasteiger partial charge is 0.324 e. The SMILES string of the molecule is CCNC(=NCCc1ccc(Cl)nc1)NCCN1C(=O)CNC1=O. The number of hydrogen-bond acceptors (Lipinski definition) is 4. The predicted octanol–water partition coefficient (Wildman–Crippen LogP) is 0.384. The van der Waals surface area contributed by atoms with Gasteiger partial charge >= 0.3 is 6.03 Å². The Morgan fingerprint density at radius 1 is 1.42 bits per heavy atom. The fraction of sp³-hybridized carbons (Fsp3) is 0.467. The molecule has 1 aliphatic heterocycles. The highest BCUT2D eigenvalue weighted by Crippen LogP contribution is 2.05. The number of rotatable bonds is 7. The van der Waals surface area contributed by atoms with Crippen molar-refractivity contribution in [1.29, 1.82) is 0 Å². The average molecular weight is 353 g/mol. The summed E-state index contributed by atoms with van der Waals surface area (Å²) < 4.78 is 0. The van der Waals surface area contributed by atoms with Gasteiger partial charge in [-0.2, -0.15) is 0 Å². The molecule has 0 bridgehead atoms. The highest BCUT2D eigenvalue weighted by Gasteiger charge is 2.27. The van der Waals surface area contributed by atoms with Crippen LogP contribution in [0.2, 0.25) is 5.15 Å². The van der Waals surface area contributed by atoms with Crippen LogP contribution in [0.15, 0.2) is 23.3 Å². The summed E-state index contributed by atoms with van der Waals surface area (Å²) in [5.74, 6) is 0.436. The monoisotopic (exact) mass is 352 g/mol. The zero-order valence-electron chi connectivity index (χ0n) is 13.5. The second kappa shape index (κ2) is 9.07. The Hall–Kier alpha value is -2.35. The molecule has 0 aliphatic carbocycles. The minimum absolute atomic E-state index is 0.0715. The Bertz CT molecular complexity index is 588. The molecule has 2 heterocycles. The summed E-state index contributed by atoms with van der Waals surface area (Å²) in [6.45, 7) is 4.09. The number of pyridine rings is 1. The van der Waals surface area contributed by atoms with E-state index in [1.807, 2.05) is 13.0 Å². The predicted molar refractivity (Wildman–Crippen MR) is 92.0 cm³/mol. The maximum atomic E-state index is 11.5. The number of aliphatic imine (C=N–C) groups is 1. The Balaban J connectivity index is 1.78. The summed E-state index contributed by atoms with van der Waals surface area (Å²) in [4.78, 5) is 32.6. The largest absolute Gasteiger partial charge is 0.357 e. The molecule has 0 radical (unpaired) electrons. The number of imide groups is 1. The molecular formula is C15H21ClN6O2. The van der Waals surface area contributed by atoms with Crippen molar-refractivity contribution in [1.82, 2.24) is 25.8 Å². The van der Waals surface area contributed by atoms with E-state index in [0.717, 1.165) is 18.5 Å². The average Bonchev–Trinajstić information content (AvgIpc) is 2.88. The number of halogens is 1. The highest BCUT2D eigenvalue weighted by atomic mass is 35.5. The molecule has 130 valence electrons. The molecule has 0 spiro atoms. The van der Waals surface area contributed by atoms with Gasteiger partial charge in [0.15, 0.2) is 5.96 Å². The topological polar surface area (TPSA) is 98.7 Å². The van der Waals surface area contributed by atoms with Gasteiger partial charge in [0.05, 0.1) is 6.54 Å². The number of carbonyl (C=O) groups excluding carboxylic acids is 2. The van der Waals surface area contributed by atoms with E-state index in [4.69, 9.17) is 11.6 Å². The third-order valence-corrected chi connectivity index (χ3v) is 3.59. The molecule has 0 saturated carbocycles. The summed E-state index contributed by atoms with van der Waals surface area (Å²) in [6, 6.07) is 3.32. The van der Waals surface area contributed by atoms with Crippen molar-refractivity contribution < 1.29 is 9.59 Å². The van der Waals surface area contributed by atoms with Crippen molar-refractivity contribution in [2.45, 2.75) is 13.3 Å². The molecule has 1 aliphatic rings. The molecule has 2 rings (SSSR count). The first-order valence-electron chi connectivity index (χ1n) is 7.81.